The summed E-state index contributed by atoms with van der Waals surface area (Å²) >= 11 is 0. The summed E-state index contributed by atoms with van der Waals surface area (Å²) < 4.78 is 5.25. The monoisotopic (exact) mass is 265 g/mol. The Balaban J connectivity index is 2.72. The minimum Gasteiger partial charge on any atom is -0.383 e. The average Bonchev–Trinajstić information content (AvgIpc) is 2.41. The van der Waals surface area contributed by atoms with Gasteiger partial charge in [-0.3, -0.25) is 4.98 Å². The summed E-state index contributed by atoms with van der Waals surface area (Å²) in [6, 6.07) is 4.60. The molecule has 1 N–H and O–H groups in total. The van der Waals surface area contributed by atoms with E-state index in [9.17, 15) is 0 Å². The van der Waals surface area contributed by atoms with Crippen LogP contribution >= 0.6 is 0 Å². The van der Waals surface area contributed by atoms with Crippen LogP contribution in [0.3, 0.4) is 0 Å². The maximum Gasteiger partial charge on any atom is 0.0663 e. The van der Waals surface area contributed by atoms with Crippen LogP contribution in [0.1, 0.15) is 32.9 Å². The van der Waals surface area contributed by atoms with Crippen LogP contribution in [0.15, 0.2) is 18.3 Å². The molecule has 4 nitrogen and oxygen atoms in total. The molecule has 0 aliphatic carbocycles. The molecule has 19 heavy (non-hydrogen) atoms. The first kappa shape index (κ1) is 15.9. The lowest BCUT2D eigenvalue weighted by Crippen LogP contribution is -2.36. The van der Waals surface area contributed by atoms with E-state index in [2.05, 4.69) is 48.1 Å². The van der Waals surface area contributed by atoms with Crippen LogP contribution in [0.2, 0.25) is 0 Å². The summed E-state index contributed by atoms with van der Waals surface area (Å²) in [4.78, 5) is 6.75. The van der Waals surface area contributed by atoms with Crippen molar-refractivity contribution in [3.63, 3.8) is 0 Å². The first-order valence-corrected chi connectivity index (χ1v) is 7.14. The second-order valence-corrected chi connectivity index (χ2v) is 4.77. The maximum absolute atomic E-state index is 5.25. The van der Waals surface area contributed by atoms with Crippen molar-refractivity contribution in [2.75, 3.05) is 31.7 Å². The van der Waals surface area contributed by atoms with Crippen molar-refractivity contribution in [1.29, 1.82) is 0 Å². The smallest absolute Gasteiger partial charge is 0.0663 e. The van der Waals surface area contributed by atoms with Crippen LogP contribution < -0.4 is 10.2 Å². The number of methoxy groups -OCH3 is 1. The average molecular weight is 265 g/mol. The van der Waals surface area contributed by atoms with E-state index in [-0.39, 0.29) is 0 Å². The number of ether oxygens (including phenoxy) is 1. The molecule has 1 rings (SSSR count). The highest BCUT2D eigenvalue weighted by Crippen LogP contribution is 2.17. The third-order valence-corrected chi connectivity index (χ3v) is 3.15. The molecule has 0 aromatic carbocycles. The fourth-order valence-corrected chi connectivity index (χ4v) is 2.21. The summed E-state index contributed by atoms with van der Waals surface area (Å²) in [5.41, 5.74) is 2.31. The van der Waals surface area contributed by atoms with E-state index < -0.39 is 0 Å². The van der Waals surface area contributed by atoms with Crippen LogP contribution in [-0.2, 0) is 11.3 Å². The van der Waals surface area contributed by atoms with Crippen LogP contribution in [0.25, 0.3) is 0 Å². The van der Waals surface area contributed by atoms with Gasteiger partial charge in [-0.25, -0.2) is 0 Å². The lowest BCUT2D eigenvalue weighted by molar-refractivity contribution is 0.182. The van der Waals surface area contributed by atoms with Gasteiger partial charge in [0.25, 0.3) is 0 Å². The molecule has 0 bridgehead atoms. The first-order chi connectivity index (χ1) is 9.22. The van der Waals surface area contributed by atoms with Crippen molar-refractivity contribution >= 4 is 5.69 Å². The van der Waals surface area contributed by atoms with Gasteiger partial charge in [-0.05, 0) is 38.9 Å². The second kappa shape index (κ2) is 8.88. The van der Waals surface area contributed by atoms with E-state index in [4.69, 9.17) is 4.74 Å². The molecule has 0 spiro atoms. The Bertz CT molecular complexity index is 357. The molecule has 0 radical (unpaired) electrons. The van der Waals surface area contributed by atoms with Crippen molar-refractivity contribution in [3.8, 4) is 0 Å². The largest absolute Gasteiger partial charge is 0.383 e. The highest BCUT2D eigenvalue weighted by Gasteiger charge is 2.13. The van der Waals surface area contributed by atoms with Gasteiger partial charge in [-0.15, -0.1) is 0 Å². The lowest BCUT2D eigenvalue weighted by Gasteiger charge is -2.29. The number of anilines is 1. The van der Waals surface area contributed by atoms with E-state index in [0.29, 0.717) is 6.04 Å². The number of nitrogens with one attached hydrogen (secondary N) is 1. The zero-order valence-electron chi connectivity index (χ0n) is 12.6. The number of nitrogens with zero attached hydrogens (tertiary/aromatic N) is 2. The fraction of sp³-hybridized carbons (Fsp3) is 0.667. The number of hydrogen-bond acceptors (Lipinski definition) is 4. The van der Waals surface area contributed by atoms with Crippen LogP contribution in [0.5, 0.6) is 0 Å². The third kappa shape index (κ3) is 5.17. The van der Waals surface area contributed by atoms with E-state index in [1.165, 1.54) is 5.69 Å². The molecule has 0 saturated carbocycles. The lowest BCUT2D eigenvalue weighted by atomic mass is 10.2. The molecule has 0 amide bonds. The predicted molar refractivity (Wildman–Crippen MR) is 80.6 cm³/mol. The van der Waals surface area contributed by atoms with Crippen molar-refractivity contribution in [1.82, 2.24) is 10.3 Å². The number of hydrogen-bond donors (Lipinski definition) is 1. The molecule has 1 heterocycles. The fourth-order valence-electron chi connectivity index (χ4n) is 2.21. The van der Waals surface area contributed by atoms with Crippen LogP contribution in [0, 0.1) is 0 Å². The number of pyridine rings is 1. The van der Waals surface area contributed by atoms with Crippen molar-refractivity contribution in [2.24, 2.45) is 0 Å². The van der Waals surface area contributed by atoms with E-state index in [1.807, 2.05) is 6.20 Å². The van der Waals surface area contributed by atoms with E-state index in [0.717, 1.165) is 38.4 Å². The van der Waals surface area contributed by atoms with Gasteiger partial charge in [0.15, 0.2) is 0 Å². The molecule has 0 saturated heterocycles. The molecule has 0 fully saturated rings. The van der Waals surface area contributed by atoms with Gasteiger partial charge in [0.1, 0.15) is 0 Å². The Morgan fingerprint density at radius 2 is 2.21 bits per heavy atom. The highest BCUT2D eigenvalue weighted by atomic mass is 16.5. The van der Waals surface area contributed by atoms with Crippen molar-refractivity contribution in [2.45, 2.75) is 39.8 Å². The van der Waals surface area contributed by atoms with Gasteiger partial charge in [0.2, 0.25) is 0 Å². The molecule has 4 heteroatoms. The molecule has 1 aromatic heterocycles. The Kier molecular flexibility index (Phi) is 7.45. The van der Waals surface area contributed by atoms with Gasteiger partial charge < -0.3 is 15.0 Å². The Labute approximate surface area is 117 Å². The van der Waals surface area contributed by atoms with Crippen LogP contribution in [-0.4, -0.2) is 37.8 Å². The van der Waals surface area contributed by atoms with Gasteiger partial charge in [-0.1, -0.05) is 6.92 Å². The summed E-state index contributed by atoms with van der Waals surface area (Å²) in [5, 5.41) is 3.38. The van der Waals surface area contributed by atoms with Gasteiger partial charge in [-0.2, -0.15) is 0 Å². The SMILES string of the molecule is CCCNCc1cc(N(CC)C(C)COC)ccn1. The molecule has 0 aliphatic heterocycles. The maximum atomic E-state index is 5.25. The van der Waals surface area contributed by atoms with Gasteiger partial charge in [0, 0.05) is 38.1 Å². The Hall–Kier alpha value is -1.13. The Morgan fingerprint density at radius 1 is 1.42 bits per heavy atom. The standard InChI is InChI=1S/C15H27N3O/c1-5-8-16-11-14-10-15(7-9-17-14)18(6-2)13(3)12-19-4/h7,9-10,13,16H,5-6,8,11-12H2,1-4H3. The van der Waals surface area contributed by atoms with Gasteiger partial charge >= 0.3 is 0 Å². The predicted octanol–water partition coefficient (Wildman–Crippen LogP) is 2.44. The number of likely N-dealkylation sites (N-methyl/N-ethyl adjacent to an activating group) is 1. The molecular formula is C15H27N3O. The third-order valence-electron chi connectivity index (χ3n) is 3.15. The summed E-state index contributed by atoms with van der Waals surface area (Å²) in [7, 11) is 1.75. The molecule has 108 valence electrons. The second-order valence-electron chi connectivity index (χ2n) is 4.77. The molecule has 1 aromatic rings. The normalized spacial score (nSPS) is 12.4. The highest BCUT2D eigenvalue weighted by molar-refractivity contribution is 5.47. The minimum atomic E-state index is 0.369. The first-order valence-electron chi connectivity index (χ1n) is 7.14. The zero-order chi connectivity index (χ0) is 14.1. The minimum absolute atomic E-state index is 0.369. The summed E-state index contributed by atoms with van der Waals surface area (Å²) in [6.07, 6.45) is 3.03. The molecular weight excluding hydrogens is 238 g/mol. The van der Waals surface area contributed by atoms with E-state index in [1.54, 1.807) is 7.11 Å². The molecule has 0 aliphatic rings. The van der Waals surface area contributed by atoms with Crippen LogP contribution in [0.4, 0.5) is 5.69 Å². The Morgan fingerprint density at radius 3 is 2.84 bits per heavy atom. The van der Waals surface area contributed by atoms with Gasteiger partial charge in [0.05, 0.1) is 12.3 Å². The summed E-state index contributed by atoms with van der Waals surface area (Å²) in [5.74, 6) is 0. The topological polar surface area (TPSA) is 37.4 Å². The summed E-state index contributed by atoms with van der Waals surface area (Å²) in [6.45, 7) is 10.1. The zero-order valence-corrected chi connectivity index (χ0v) is 12.6. The molecule has 1 atom stereocenters. The van der Waals surface area contributed by atoms with E-state index >= 15 is 0 Å². The van der Waals surface area contributed by atoms with Crippen molar-refractivity contribution < 1.29 is 4.74 Å². The van der Waals surface area contributed by atoms with Crippen molar-refractivity contribution in [3.05, 3.63) is 24.0 Å². The molecule has 1 unspecified atom stereocenters. The number of aromatic nitrogens is 1. The number of rotatable bonds is 9. The quantitative estimate of drug-likeness (QED) is 0.696.